The van der Waals surface area contributed by atoms with Gasteiger partial charge in [-0.05, 0) is 29.8 Å². The van der Waals surface area contributed by atoms with Gasteiger partial charge in [0.1, 0.15) is 24.1 Å². The van der Waals surface area contributed by atoms with E-state index < -0.39 is 36.7 Å². The smallest absolute Gasteiger partial charge is 0.278 e. The Morgan fingerprint density at radius 2 is 2.03 bits per heavy atom. The van der Waals surface area contributed by atoms with Crippen LogP contribution in [0, 0.1) is 0 Å². The minimum absolute atomic E-state index is 0.0208. The fourth-order valence-corrected chi connectivity index (χ4v) is 3.06. The maximum absolute atomic E-state index is 12.1. The minimum atomic E-state index is -1.40. The second kappa shape index (κ2) is 7.60. The number of aromatic amines is 1. The van der Waals surface area contributed by atoms with Gasteiger partial charge in [-0.3, -0.25) is 9.36 Å². The Bertz CT molecular complexity index is 1090. The van der Waals surface area contributed by atoms with Crippen LogP contribution in [-0.4, -0.2) is 71.1 Å². The van der Waals surface area contributed by atoms with Gasteiger partial charge < -0.3 is 30.1 Å². The van der Waals surface area contributed by atoms with E-state index in [0.717, 1.165) is 0 Å². The highest BCUT2D eigenvalue weighted by Crippen LogP contribution is 2.33. The van der Waals surface area contributed by atoms with Gasteiger partial charge >= 0.3 is 0 Å². The zero-order chi connectivity index (χ0) is 20.5. The molecule has 3 heterocycles. The number of imidazole rings is 1. The normalized spacial score (nSPS) is 24.5. The van der Waals surface area contributed by atoms with E-state index >= 15 is 0 Å². The molecular formula is C17H18N6O6. The summed E-state index contributed by atoms with van der Waals surface area (Å²) in [5, 5.41) is 43.1. The number of H-pyrrole nitrogens is 1. The van der Waals surface area contributed by atoms with Gasteiger partial charge in [-0.1, -0.05) is 0 Å². The summed E-state index contributed by atoms with van der Waals surface area (Å²) in [6.07, 6.45) is -2.27. The Balaban J connectivity index is 1.72. The second-order valence-corrected chi connectivity index (χ2v) is 6.40. The highest BCUT2D eigenvalue weighted by molar-refractivity contribution is 5.80. The average Bonchev–Trinajstić information content (AvgIpc) is 3.22. The molecule has 1 fully saturated rings. The second-order valence-electron chi connectivity index (χ2n) is 6.40. The number of phenols is 1. The standard InChI is InChI=1S/C17H18N6O6/c24-6-10-12(26)13(27)16(29-10)23-14-11(15(28)19-7-18-14)21-17(23)22-20-5-8-1-3-9(25)4-2-8/h1-5,7,10,12-13,16,24-27H,6H2,(H,21,22)(H,18,19,28)/b20-5+/t10-,12-,13-,16-/m1/s1. The molecule has 12 heteroatoms. The zero-order valence-electron chi connectivity index (χ0n) is 14.9. The summed E-state index contributed by atoms with van der Waals surface area (Å²) in [7, 11) is 0. The largest absolute Gasteiger partial charge is 0.508 e. The van der Waals surface area contributed by atoms with Crippen LogP contribution in [0.1, 0.15) is 11.8 Å². The summed E-state index contributed by atoms with van der Waals surface area (Å²) >= 11 is 0. The van der Waals surface area contributed by atoms with E-state index in [1.807, 2.05) is 0 Å². The molecule has 3 aromatic rings. The number of aliphatic hydroxyl groups is 3. The van der Waals surface area contributed by atoms with E-state index in [9.17, 15) is 25.2 Å². The number of ether oxygens (including phenoxy) is 1. The van der Waals surface area contributed by atoms with Crippen LogP contribution in [0.4, 0.5) is 5.95 Å². The molecule has 1 aliphatic rings. The molecule has 152 valence electrons. The van der Waals surface area contributed by atoms with E-state index in [1.54, 1.807) is 12.1 Å². The van der Waals surface area contributed by atoms with Gasteiger partial charge in [-0.25, -0.2) is 15.4 Å². The molecule has 1 saturated heterocycles. The van der Waals surface area contributed by atoms with Crippen molar-refractivity contribution in [3.8, 4) is 5.75 Å². The number of hydrazone groups is 1. The van der Waals surface area contributed by atoms with Crippen LogP contribution in [0.25, 0.3) is 11.2 Å². The monoisotopic (exact) mass is 402 g/mol. The average molecular weight is 402 g/mol. The van der Waals surface area contributed by atoms with Crippen molar-refractivity contribution in [3.05, 3.63) is 46.5 Å². The number of aromatic nitrogens is 4. The predicted octanol–water partition coefficient (Wildman–Crippen LogP) is -1.12. The Kier molecular flexibility index (Phi) is 4.98. The van der Waals surface area contributed by atoms with Crippen LogP contribution in [0.15, 0.2) is 40.5 Å². The van der Waals surface area contributed by atoms with Crippen molar-refractivity contribution in [1.82, 2.24) is 19.5 Å². The van der Waals surface area contributed by atoms with Crippen LogP contribution >= 0.6 is 0 Å². The molecule has 29 heavy (non-hydrogen) atoms. The van der Waals surface area contributed by atoms with Crippen LogP contribution in [0.5, 0.6) is 5.75 Å². The van der Waals surface area contributed by atoms with Gasteiger partial charge in [-0.15, -0.1) is 0 Å². The number of aliphatic hydroxyl groups excluding tert-OH is 3. The number of hydrogen-bond donors (Lipinski definition) is 6. The lowest BCUT2D eigenvalue weighted by Gasteiger charge is -2.18. The molecule has 0 saturated carbocycles. The van der Waals surface area contributed by atoms with E-state index in [0.29, 0.717) is 5.56 Å². The summed E-state index contributed by atoms with van der Waals surface area (Å²) in [5.74, 6) is 0.153. The third kappa shape index (κ3) is 3.45. The lowest BCUT2D eigenvalue weighted by molar-refractivity contribution is -0.0501. The summed E-state index contributed by atoms with van der Waals surface area (Å²) in [6, 6.07) is 6.28. The molecule has 0 amide bonds. The maximum atomic E-state index is 12.1. The van der Waals surface area contributed by atoms with E-state index in [-0.39, 0.29) is 22.9 Å². The summed E-state index contributed by atoms with van der Waals surface area (Å²) in [4.78, 5) is 22.8. The highest BCUT2D eigenvalue weighted by Gasteiger charge is 2.45. The van der Waals surface area contributed by atoms with Crippen molar-refractivity contribution >= 4 is 23.3 Å². The Labute approximate surface area is 162 Å². The summed E-state index contributed by atoms with van der Waals surface area (Å²) < 4.78 is 6.84. The van der Waals surface area contributed by atoms with Crippen molar-refractivity contribution < 1.29 is 25.2 Å². The molecule has 0 bridgehead atoms. The summed E-state index contributed by atoms with van der Waals surface area (Å²) in [5.41, 5.74) is 2.92. The number of phenolic OH excluding ortho intramolecular Hbond substituents is 1. The fourth-order valence-electron chi connectivity index (χ4n) is 3.06. The SMILES string of the molecule is O=c1[nH]cnc2c1nc(N/N=C/c1ccc(O)cc1)n2[C@@H]1O[C@H](CO)[C@@H](O)[C@H]1O. The molecule has 0 spiro atoms. The molecule has 2 aromatic heterocycles. The number of nitrogens with zero attached hydrogens (tertiary/aromatic N) is 4. The number of fused-ring (bicyclic) bond motifs is 1. The lowest BCUT2D eigenvalue weighted by Crippen LogP contribution is -2.33. The van der Waals surface area contributed by atoms with Gasteiger partial charge in [0, 0.05) is 0 Å². The molecule has 12 nitrogen and oxygen atoms in total. The first-order chi connectivity index (χ1) is 14.0. The van der Waals surface area contributed by atoms with Crippen LogP contribution in [0.2, 0.25) is 0 Å². The van der Waals surface area contributed by atoms with E-state index in [2.05, 4.69) is 25.5 Å². The maximum Gasteiger partial charge on any atom is 0.278 e. The zero-order valence-corrected chi connectivity index (χ0v) is 14.9. The van der Waals surface area contributed by atoms with E-state index in [4.69, 9.17) is 4.74 Å². The molecule has 0 aliphatic carbocycles. The van der Waals surface area contributed by atoms with Crippen LogP contribution in [0.3, 0.4) is 0 Å². The van der Waals surface area contributed by atoms with Crippen molar-refractivity contribution in [2.45, 2.75) is 24.5 Å². The Hall–Kier alpha value is -3.32. The molecule has 4 rings (SSSR count). The molecule has 0 unspecified atom stereocenters. The van der Waals surface area contributed by atoms with Crippen molar-refractivity contribution in [3.63, 3.8) is 0 Å². The number of nitrogens with one attached hydrogen (secondary N) is 2. The molecule has 1 aromatic carbocycles. The number of aromatic hydroxyl groups is 1. The van der Waals surface area contributed by atoms with Crippen LogP contribution < -0.4 is 11.0 Å². The van der Waals surface area contributed by atoms with Crippen LogP contribution in [-0.2, 0) is 4.74 Å². The Morgan fingerprint density at radius 3 is 2.72 bits per heavy atom. The number of benzene rings is 1. The third-order valence-corrected chi connectivity index (χ3v) is 4.53. The van der Waals surface area contributed by atoms with Crippen molar-refractivity contribution in [1.29, 1.82) is 0 Å². The first-order valence-electron chi connectivity index (χ1n) is 8.65. The number of hydrogen-bond acceptors (Lipinski definition) is 10. The number of anilines is 1. The van der Waals surface area contributed by atoms with Crippen molar-refractivity contribution in [2.75, 3.05) is 12.0 Å². The molecule has 0 radical (unpaired) electrons. The quantitative estimate of drug-likeness (QED) is 0.228. The summed E-state index contributed by atoms with van der Waals surface area (Å²) in [6.45, 7) is -0.503. The third-order valence-electron chi connectivity index (χ3n) is 4.53. The number of rotatable bonds is 5. The predicted molar refractivity (Wildman–Crippen MR) is 100 cm³/mol. The fraction of sp³-hybridized carbons (Fsp3) is 0.294. The van der Waals surface area contributed by atoms with Gasteiger partial charge in [0.15, 0.2) is 17.4 Å². The van der Waals surface area contributed by atoms with Gasteiger partial charge in [-0.2, -0.15) is 5.10 Å². The Morgan fingerprint density at radius 1 is 1.28 bits per heavy atom. The van der Waals surface area contributed by atoms with Gasteiger partial charge in [0.25, 0.3) is 5.56 Å². The van der Waals surface area contributed by atoms with Crippen molar-refractivity contribution in [2.24, 2.45) is 5.10 Å². The molecule has 1 aliphatic heterocycles. The molecule has 6 N–H and O–H groups in total. The first-order valence-corrected chi connectivity index (χ1v) is 8.65. The first kappa shape index (κ1) is 19.0. The molecule has 4 atom stereocenters. The van der Waals surface area contributed by atoms with E-state index in [1.165, 1.54) is 29.2 Å². The van der Waals surface area contributed by atoms with Gasteiger partial charge in [0.2, 0.25) is 5.95 Å². The highest BCUT2D eigenvalue weighted by atomic mass is 16.6. The topological polar surface area (TPSA) is 178 Å². The molecular weight excluding hydrogens is 384 g/mol. The minimum Gasteiger partial charge on any atom is -0.508 e. The van der Waals surface area contributed by atoms with Gasteiger partial charge in [0.05, 0.1) is 19.1 Å². The lowest BCUT2D eigenvalue weighted by atomic mass is 10.1.